The summed E-state index contributed by atoms with van der Waals surface area (Å²) in [7, 11) is 3.44. The molecule has 2 aliphatic rings. The third-order valence-electron chi connectivity index (χ3n) is 5.20. The molecule has 7 heteroatoms. The van der Waals surface area contributed by atoms with Crippen molar-refractivity contribution in [3.63, 3.8) is 0 Å². The van der Waals surface area contributed by atoms with Crippen molar-refractivity contribution in [2.24, 2.45) is 5.41 Å². The van der Waals surface area contributed by atoms with Gasteiger partial charge in [0.25, 0.3) is 0 Å². The zero-order valence-electron chi connectivity index (χ0n) is 14.7. The van der Waals surface area contributed by atoms with Crippen LogP contribution >= 0.6 is 0 Å². The van der Waals surface area contributed by atoms with E-state index in [1.807, 2.05) is 19.3 Å². The third-order valence-corrected chi connectivity index (χ3v) is 5.20. The minimum atomic E-state index is -0.298. The van der Waals surface area contributed by atoms with Gasteiger partial charge in [-0.05, 0) is 31.7 Å². The van der Waals surface area contributed by atoms with Crippen LogP contribution < -0.4 is 4.90 Å². The Hall–Kier alpha value is -2.18. The number of likely N-dealkylation sites (tertiary alicyclic amines) is 1. The third kappa shape index (κ3) is 3.07. The van der Waals surface area contributed by atoms with Crippen molar-refractivity contribution >= 4 is 17.8 Å². The molecule has 0 N–H and O–H groups in total. The second kappa shape index (κ2) is 6.37. The average molecular weight is 331 g/mol. The highest BCUT2D eigenvalue weighted by molar-refractivity contribution is 5.89. The van der Waals surface area contributed by atoms with E-state index >= 15 is 0 Å². The number of amides is 2. The fourth-order valence-corrected chi connectivity index (χ4v) is 3.50. The standard InChI is InChI=1S/C17H25N5O2/c1-13-10-18-16(19-11-13)21-7-4-17(5-8-21)6-9-22(15(17)24)12-14(23)20(2)3/h10-11H,4-9,12H2,1-3H3. The zero-order valence-corrected chi connectivity index (χ0v) is 14.7. The molecule has 0 atom stereocenters. The largest absolute Gasteiger partial charge is 0.347 e. The summed E-state index contributed by atoms with van der Waals surface area (Å²) in [6, 6.07) is 0. The Balaban J connectivity index is 1.62. The van der Waals surface area contributed by atoms with Gasteiger partial charge in [-0.25, -0.2) is 9.97 Å². The van der Waals surface area contributed by atoms with Crippen LogP contribution in [0.25, 0.3) is 0 Å². The van der Waals surface area contributed by atoms with E-state index in [0.29, 0.717) is 6.54 Å². The van der Waals surface area contributed by atoms with Crippen LogP contribution in [0.15, 0.2) is 12.4 Å². The SMILES string of the molecule is Cc1cnc(N2CCC3(CCN(CC(=O)N(C)C)C3=O)CC2)nc1. The lowest BCUT2D eigenvalue weighted by Gasteiger charge is -2.37. The van der Waals surface area contributed by atoms with Crippen molar-refractivity contribution in [3.8, 4) is 0 Å². The first kappa shape index (κ1) is 16.7. The Bertz CT molecular complexity index is 620. The zero-order chi connectivity index (χ0) is 17.3. The van der Waals surface area contributed by atoms with Crippen LogP contribution in [0.2, 0.25) is 0 Å². The van der Waals surface area contributed by atoms with Gasteiger partial charge in [0.2, 0.25) is 17.8 Å². The molecule has 7 nitrogen and oxygen atoms in total. The number of anilines is 1. The predicted octanol–water partition coefficient (Wildman–Crippen LogP) is 0.692. The number of hydrogen-bond donors (Lipinski definition) is 0. The second-order valence-corrected chi connectivity index (χ2v) is 7.09. The van der Waals surface area contributed by atoms with Gasteiger partial charge in [-0.3, -0.25) is 9.59 Å². The summed E-state index contributed by atoms with van der Waals surface area (Å²) in [6.07, 6.45) is 6.09. The van der Waals surface area contributed by atoms with Crippen molar-refractivity contribution in [2.75, 3.05) is 45.2 Å². The summed E-state index contributed by atoms with van der Waals surface area (Å²) in [6.45, 7) is 4.40. The van der Waals surface area contributed by atoms with Crippen molar-refractivity contribution in [3.05, 3.63) is 18.0 Å². The molecule has 0 bridgehead atoms. The molecule has 3 rings (SSSR count). The summed E-state index contributed by atoms with van der Waals surface area (Å²) in [5, 5.41) is 0. The number of likely N-dealkylation sites (N-methyl/N-ethyl adjacent to an activating group) is 1. The lowest BCUT2D eigenvalue weighted by atomic mass is 9.77. The molecule has 0 saturated carbocycles. The highest BCUT2D eigenvalue weighted by Crippen LogP contribution is 2.41. The first-order chi connectivity index (χ1) is 11.4. The number of nitrogens with zero attached hydrogens (tertiary/aromatic N) is 5. The number of carbonyl (C=O) groups is 2. The summed E-state index contributed by atoms with van der Waals surface area (Å²) >= 11 is 0. The minimum Gasteiger partial charge on any atom is -0.347 e. The van der Waals surface area contributed by atoms with E-state index in [2.05, 4.69) is 14.9 Å². The molecule has 0 aliphatic carbocycles. The van der Waals surface area contributed by atoms with E-state index < -0.39 is 0 Å². The number of hydrogen-bond acceptors (Lipinski definition) is 5. The Morgan fingerprint density at radius 1 is 1.17 bits per heavy atom. The lowest BCUT2D eigenvalue weighted by Crippen LogP contribution is -2.46. The second-order valence-electron chi connectivity index (χ2n) is 7.09. The van der Waals surface area contributed by atoms with Gasteiger partial charge in [0.05, 0.1) is 12.0 Å². The Morgan fingerprint density at radius 3 is 2.33 bits per heavy atom. The first-order valence-corrected chi connectivity index (χ1v) is 8.44. The van der Waals surface area contributed by atoms with Gasteiger partial charge in [0.1, 0.15) is 0 Å². The molecule has 2 saturated heterocycles. The maximum atomic E-state index is 12.8. The minimum absolute atomic E-state index is 0.0223. The average Bonchev–Trinajstić information content (AvgIpc) is 2.86. The molecule has 2 fully saturated rings. The number of carbonyl (C=O) groups excluding carboxylic acids is 2. The molecule has 0 radical (unpaired) electrons. The fourth-order valence-electron chi connectivity index (χ4n) is 3.50. The molecule has 0 aromatic carbocycles. The van der Waals surface area contributed by atoms with Gasteiger partial charge >= 0.3 is 0 Å². The van der Waals surface area contributed by atoms with Crippen LogP contribution in [0.1, 0.15) is 24.8 Å². The predicted molar refractivity (Wildman–Crippen MR) is 90.5 cm³/mol. The summed E-state index contributed by atoms with van der Waals surface area (Å²) in [5.74, 6) is 0.855. The van der Waals surface area contributed by atoms with Crippen LogP contribution in [-0.4, -0.2) is 71.9 Å². The lowest BCUT2D eigenvalue weighted by molar-refractivity contribution is -0.142. The molecule has 1 aromatic rings. The van der Waals surface area contributed by atoms with Gasteiger partial charge in [-0.2, -0.15) is 0 Å². The molecule has 3 heterocycles. The van der Waals surface area contributed by atoms with Gasteiger partial charge < -0.3 is 14.7 Å². The molecule has 1 spiro atoms. The van der Waals surface area contributed by atoms with Gasteiger partial charge in [-0.15, -0.1) is 0 Å². The Labute approximate surface area is 142 Å². The number of piperidine rings is 1. The highest BCUT2D eigenvalue weighted by atomic mass is 16.2. The number of aromatic nitrogens is 2. The van der Waals surface area contributed by atoms with Crippen molar-refractivity contribution < 1.29 is 9.59 Å². The Kier molecular flexibility index (Phi) is 4.43. The molecule has 2 amide bonds. The Morgan fingerprint density at radius 2 is 1.75 bits per heavy atom. The first-order valence-electron chi connectivity index (χ1n) is 8.44. The molecular formula is C17H25N5O2. The molecule has 0 unspecified atom stereocenters. The maximum absolute atomic E-state index is 12.8. The van der Waals surface area contributed by atoms with Crippen LogP contribution in [-0.2, 0) is 9.59 Å². The molecule has 130 valence electrons. The summed E-state index contributed by atoms with van der Waals surface area (Å²) in [5.41, 5.74) is 0.743. The van der Waals surface area contributed by atoms with Crippen molar-refractivity contribution in [2.45, 2.75) is 26.2 Å². The fraction of sp³-hybridized carbons (Fsp3) is 0.647. The quantitative estimate of drug-likeness (QED) is 0.815. The van der Waals surface area contributed by atoms with E-state index in [9.17, 15) is 9.59 Å². The van der Waals surface area contributed by atoms with Crippen LogP contribution in [0.3, 0.4) is 0 Å². The maximum Gasteiger partial charge on any atom is 0.241 e. The molecule has 2 aliphatic heterocycles. The van der Waals surface area contributed by atoms with Crippen LogP contribution in [0.5, 0.6) is 0 Å². The highest BCUT2D eigenvalue weighted by Gasteiger charge is 2.48. The molecular weight excluding hydrogens is 306 g/mol. The van der Waals surface area contributed by atoms with Gasteiger partial charge in [0.15, 0.2) is 0 Å². The summed E-state index contributed by atoms with van der Waals surface area (Å²) < 4.78 is 0. The van der Waals surface area contributed by atoms with E-state index in [-0.39, 0.29) is 23.8 Å². The van der Waals surface area contributed by atoms with Gasteiger partial charge in [0, 0.05) is 46.1 Å². The van der Waals surface area contributed by atoms with E-state index in [1.165, 1.54) is 4.90 Å². The van der Waals surface area contributed by atoms with Crippen LogP contribution in [0, 0.1) is 12.3 Å². The monoisotopic (exact) mass is 331 g/mol. The number of aryl methyl sites for hydroxylation is 1. The summed E-state index contributed by atoms with van der Waals surface area (Å²) in [4.78, 5) is 38.9. The van der Waals surface area contributed by atoms with Crippen LogP contribution in [0.4, 0.5) is 5.95 Å². The topological polar surface area (TPSA) is 69.6 Å². The molecule has 1 aromatic heterocycles. The molecule has 24 heavy (non-hydrogen) atoms. The number of rotatable bonds is 3. The van der Waals surface area contributed by atoms with E-state index in [1.54, 1.807) is 19.0 Å². The van der Waals surface area contributed by atoms with Crippen molar-refractivity contribution in [1.82, 2.24) is 19.8 Å². The van der Waals surface area contributed by atoms with Gasteiger partial charge in [-0.1, -0.05) is 0 Å². The smallest absolute Gasteiger partial charge is 0.241 e. The van der Waals surface area contributed by atoms with E-state index in [0.717, 1.165) is 43.9 Å². The normalized spacial score (nSPS) is 19.9. The van der Waals surface area contributed by atoms with E-state index in [4.69, 9.17) is 0 Å². The van der Waals surface area contributed by atoms with Crippen molar-refractivity contribution in [1.29, 1.82) is 0 Å².